The van der Waals surface area contributed by atoms with Crippen LogP contribution >= 0.6 is 0 Å². The number of carboxylic acid groups (broad SMARTS) is 1. The summed E-state index contributed by atoms with van der Waals surface area (Å²) in [6.07, 6.45) is 1.35. The van der Waals surface area contributed by atoms with Gasteiger partial charge in [0.25, 0.3) is 5.91 Å². The third-order valence-electron chi connectivity index (χ3n) is 1.55. The second-order valence-electron chi connectivity index (χ2n) is 2.85. The van der Waals surface area contributed by atoms with E-state index in [9.17, 15) is 18.6 Å². The van der Waals surface area contributed by atoms with E-state index in [0.717, 1.165) is 6.08 Å². The molecule has 7 nitrogen and oxygen atoms in total. The lowest BCUT2D eigenvalue weighted by Gasteiger charge is -2.04. The largest absolute Gasteiger partial charge is 0.478 e. The van der Waals surface area contributed by atoms with Gasteiger partial charge >= 0.3 is 12.0 Å². The molecule has 0 aliphatic heterocycles. The normalized spacial score (nSPS) is 12.1. The van der Waals surface area contributed by atoms with Gasteiger partial charge in [0.2, 0.25) is 0 Å². The lowest BCUT2D eigenvalue weighted by molar-refractivity contribution is -0.131. The van der Waals surface area contributed by atoms with Gasteiger partial charge in [0.05, 0.1) is 0 Å². The van der Waals surface area contributed by atoms with Gasteiger partial charge in [-0.3, -0.25) is 14.3 Å². The van der Waals surface area contributed by atoms with Crippen LogP contribution in [0.4, 0.5) is 4.79 Å². The van der Waals surface area contributed by atoms with Crippen molar-refractivity contribution in [2.24, 2.45) is 0 Å². The second kappa shape index (κ2) is 8.45. The number of rotatable bonds is 6. The van der Waals surface area contributed by atoms with E-state index < -0.39 is 28.7 Å². The second-order valence-corrected chi connectivity index (χ2v) is 4.71. The monoisotopic (exact) mass is 262 g/mol. The minimum atomic E-state index is -1.28. The molecule has 0 aromatic heterocycles. The first-order valence-corrected chi connectivity index (χ1v) is 6.29. The third kappa shape index (κ3) is 9.24. The maximum Gasteiger partial charge on any atom is 0.328 e. The number of hydrogen-bond acceptors (Lipinski definition) is 4. The molecule has 1 unspecified atom stereocenters. The zero-order chi connectivity index (χ0) is 13.3. The quantitative estimate of drug-likeness (QED) is 0.544. The number of nitrogens with one attached hydrogen (secondary N) is 2. The molecule has 8 heteroatoms. The van der Waals surface area contributed by atoms with Gasteiger partial charge in [-0.1, -0.05) is 6.92 Å². The van der Waals surface area contributed by atoms with Crippen molar-refractivity contribution in [3.63, 3.8) is 0 Å². The summed E-state index contributed by atoms with van der Waals surface area (Å²) in [6, 6.07) is -0.752. The van der Waals surface area contributed by atoms with Crippen LogP contribution in [0.2, 0.25) is 0 Å². The summed E-state index contributed by atoms with van der Waals surface area (Å²) in [6.45, 7) is 1.94. The van der Waals surface area contributed by atoms with Crippen LogP contribution in [0.15, 0.2) is 12.2 Å². The van der Waals surface area contributed by atoms with E-state index in [4.69, 9.17) is 5.11 Å². The van der Waals surface area contributed by atoms with Gasteiger partial charge in [0.15, 0.2) is 0 Å². The van der Waals surface area contributed by atoms with Gasteiger partial charge in [0.1, 0.15) is 0 Å². The molecule has 0 aliphatic carbocycles. The molecule has 0 saturated carbocycles. The summed E-state index contributed by atoms with van der Waals surface area (Å²) in [5, 5.41) is 12.4. The summed E-state index contributed by atoms with van der Waals surface area (Å²) in [4.78, 5) is 32.0. The van der Waals surface area contributed by atoms with Crippen LogP contribution in [0.5, 0.6) is 0 Å². The predicted octanol–water partition coefficient (Wildman–Crippen LogP) is -0.778. The summed E-state index contributed by atoms with van der Waals surface area (Å²) in [5.41, 5.74) is 0. The Labute approximate surface area is 101 Å². The Balaban J connectivity index is 3.83. The van der Waals surface area contributed by atoms with E-state index >= 15 is 0 Å². The van der Waals surface area contributed by atoms with Crippen molar-refractivity contribution in [1.29, 1.82) is 0 Å². The Kier molecular flexibility index (Phi) is 7.61. The van der Waals surface area contributed by atoms with Crippen LogP contribution in [0.3, 0.4) is 0 Å². The van der Waals surface area contributed by atoms with E-state index in [1.807, 2.05) is 5.32 Å². The highest BCUT2D eigenvalue weighted by molar-refractivity contribution is 7.84. The Bertz CT molecular complexity index is 353. The van der Waals surface area contributed by atoms with Crippen molar-refractivity contribution in [3.8, 4) is 0 Å². The fraction of sp³-hybridized carbons (Fsp3) is 0.444. The number of aliphatic carboxylic acids is 1. The SMILES string of the molecule is CCS(=O)CCNC(=O)NC(=O)/C=C/C(=O)O. The van der Waals surface area contributed by atoms with E-state index in [-0.39, 0.29) is 6.54 Å². The van der Waals surface area contributed by atoms with Crippen LogP contribution in [0.1, 0.15) is 6.92 Å². The standard InChI is InChI=1S/C9H14N2O5S/c1-2-17(16)6-5-10-9(15)11-7(12)3-4-8(13)14/h3-4H,2,5-6H2,1H3,(H,13,14)(H2,10,11,12,15)/b4-3+. The molecular formula is C9H14N2O5S. The molecule has 0 rings (SSSR count). The molecule has 0 aromatic carbocycles. The molecule has 0 spiro atoms. The molecule has 0 saturated heterocycles. The van der Waals surface area contributed by atoms with Crippen LogP contribution in [0.25, 0.3) is 0 Å². The van der Waals surface area contributed by atoms with Gasteiger partial charge in [-0.15, -0.1) is 0 Å². The summed E-state index contributed by atoms with van der Waals surface area (Å²) < 4.78 is 11.0. The smallest absolute Gasteiger partial charge is 0.328 e. The van der Waals surface area contributed by atoms with Crippen molar-refractivity contribution in [1.82, 2.24) is 10.6 Å². The lowest BCUT2D eigenvalue weighted by Crippen LogP contribution is -2.40. The first-order valence-electron chi connectivity index (χ1n) is 4.80. The fourth-order valence-corrected chi connectivity index (χ4v) is 1.39. The van der Waals surface area contributed by atoms with Crippen molar-refractivity contribution in [2.45, 2.75) is 6.92 Å². The Morgan fingerprint density at radius 3 is 2.47 bits per heavy atom. The Hall–Kier alpha value is -1.70. The number of carboxylic acids is 1. The van der Waals surface area contributed by atoms with E-state index in [1.165, 1.54) is 0 Å². The molecule has 0 aromatic rings. The Morgan fingerprint density at radius 2 is 1.94 bits per heavy atom. The van der Waals surface area contributed by atoms with E-state index in [2.05, 4.69) is 5.32 Å². The lowest BCUT2D eigenvalue weighted by atomic mass is 10.5. The van der Waals surface area contributed by atoms with Crippen LogP contribution in [-0.2, 0) is 20.4 Å². The molecular weight excluding hydrogens is 248 g/mol. The van der Waals surface area contributed by atoms with E-state index in [1.54, 1.807) is 6.92 Å². The van der Waals surface area contributed by atoms with Crippen LogP contribution in [0, 0.1) is 0 Å². The molecule has 96 valence electrons. The van der Waals surface area contributed by atoms with Crippen molar-refractivity contribution in [2.75, 3.05) is 18.1 Å². The first kappa shape index (κ1) is 15.3. The maximum absolute atomic E-state index is 11.0. The third-order valence-corrected chi connectivity index (χ3v) is 2.85. The van der Waals surface area contributed by atoms with Gasteiger partial charge in [0, 0.05) is 41.0 Å². The summed E-state index contributed by atoms with van der Waals surface area (Å²) in [5.74, 6) is -1.30. The highest BCUT2D eigenvalue weighted by atomic mass is 32.2. The molecule has 17 heavy (non-hydrogen) atoms. The van der Waals surface area contributed by atoms with Gasteiger partial charge in [-0.25, -0.2) is 9.59 Å². The zero-order valence-corrected chi connectivity index (χ0v) is 10.1. The van der Waals surface area contributed by atoms with Crippen molar-refractivity contribution in [3.05, 3.63) is 12.2 Å². The molecule has 1 atom stereocenters. The topological polar surface area (TPSA) is 113 Å². The highest BCUT2D eigenvalue weighted by Crippen LogP contribution is 1.80. The van der Waals surface area contributed by atoms with Crippen LogP contribution in [-0.4, -0.2) is 45.3 Å². The minimum absolute atomic E-state index is 0.183. The number of imide groups is 1. The first-order chi connectivity index (χ1) is 7.95. The Morgan fingerprint density at radius 1 is 1.29 bits per heavy atom. The number of carbonyl (C=O) groups is 3. The van der Waals surface area contributed by atoms with E-state index in [0.29, 0.717) is 17.6 Å². The minimum Gasteiger partial charge on any atom is -0.478 e. The number of hydrogen-bond donors (Lipinski definition) is 3. The number of amides is 3. The molecule has 0 fully saturated rings. The fourth-order valence-electron chi connectivity index (χ4n) is 0.767. The zero-order valence-electron chi connectivity index (χ0n) is 9.26. The van der Waals surface area contributed by atoms with Crippen molar-refractivity contribution >= 4 is 28.7 Å². The molecule has 0 radical (unpaired) electrons. The van der Waals surface area contributed by atoms with Crippen LogP contribution < -0.4 is 10.6 Å². The van der Waals surface area contributed by atoms with Gasteiger partial charge in [-0.2, -0.15) is 0 Å². The predicted molar refractivity (Wildman–Crippen MR) is 61.9 cm³/mol. The van der Waals surface area contributed by atoms with Crippen molar-refractivity contribution < 1.29 is 23.7 Å². The van der Waals surface area contributed by atoms with Gasteiger partial charge in [-0.05, 0) is 0 Å². The molecule has 3 N–H and O–H groups in total. The number of carbonyl (C=O) groups excluding carboxylic acids is 2. The summed E-state index contributed by atoms with van der Waals surface area (Å²) >= 11 is 0. The number of urea groups is 1. The average molecular weight is 262 g/mol. The molecule has 0 bridgehead atoms. The maximum atomic E-state index is 11.0. The molecule has 3 amide bonds. The summed E-state index contributed by atoms with van der Waals surface area (Å²) in [7, 11) is -0.985. The highest BCUT2D eigenvalue weighted by Gasteiger charge is 2.04. The molecule has 0 heterocycles. The molecule has 0 aliphatic rings. The average Bonchev–Trinajstić information content (AvgIpc) is 2.26. The van der Waals surface area contributed by atoms with Gasteiger partial charge < -0.3 is 10.4 Å².